The number of nitrogens with zero attached hydrogens (tertiary/aromatic N) is 3. The summed E-state index contributed by atoms with van der Waals surface area (Å²) < 4.78 is 13.9. The number of fused-ring (bicyclic) bond motifs is 1. The van der Waals surface area contributed by atoms with Crippen molar-refractivity contribution in [3.63, 3.8) is 0 Å². The molecule has 27 heavy (non-hydrogen) atoms. The van der Waals surface area contributed by atoms with Crippen molar-refractivity contribution in [1.29, 1.82) is 0 Å². The Morgan fingerprint density at radius 1 is 1.15 bits per heavy atom. The van der Waals surface area contributed by atoms with Crippen LogP contribution in [0.1, 0.15) is 17.5 Å². The van der Waals surface area contributed by atoms with E-state index in [1.165, 1.54) is 5.56 Å². The number of para-hydroxylation sites is 2. The molecule has 2 aromatic carbocycles. The van der Waals surface area contributed by atoms with Gasteiger partial charge in [-0.2, -0.15) is 0 Å². The fraction of sp³-hybridized carbons (Fsp3) is 0.200. The Bertz CT molecular complexity index is 943. The highest BCUT2D eigenvalue weighted by atomic mass is 35.5. The van der Waals surface area contributed by atoms with E-state index in [1.807, 2.05) is 59.2 Å². The summed E-state index contributed by atoms with van der Waals surface area (Å²) in [5, 5.41) is 10.3. The van der Waals surface area contributed by atoms with E-state index in [4.69, 9.17) is 21.1 Å². The minimum atomic E-state index is -0.308. The summed E-state index contributed by atoms with van der Waals surface area (Å²) in [7, 11) is 0. The Balaban J connectivity index is 1.54. The summed E-state index contributed by atoms with van der Waals surface area (Å²) >= 11 is 7.57. The topological polar surface area (TPSA) is 49.2 Å². The summed E-state index contributed by atoms with van der Waals surface area (Å²) in [5.74, 6) is 2.98. The fourth-order valence-corrected chi connectivity index (χ4v) is 3.86. The molecule has 4 rings (SSSR count). The van der Waals surface area contributed by atoms with Gasteiger partial charge in [-0.1, -0.05) is 53.7 Å². The Morgan fingerprint density at radius 2 is 1.93 bits per heavy atom. The zero-order valence-electron chi connectivity index (χ0n) is 14.5. The molecule has 1 aliphatic heterocycles. The average Bonchev–Trinajstić information content (AvgIpc) is 3.10. The minimum Gasteiger partial charge on any atom is -0.485 e. The van der Waals surface area contributed by atoms with Gasteiger partial charge in [0.25, 0.3) is 0 Å². The van der Waals surface area contributed by atoms with Gasteiger partial charge >= 0.3 is 0 Å². The predicted molar refractivity (Wildman–Crippen MR) is 107 cm³/mol. The highest BCUT2D eigenvalue weighted by Crippen LogP contribution is 2.36. The van der Waals surface area contributed by atoms with Gasteiger partial charge in [0, 0.05) is 17.3 Å². The monoisotopic (exact) mass is 399 g/mol. The van der Waals surface area contributed by atoms with Crippen molar-refractivity contribution in [3.8, 4) is 11.5 Å². The first-order valence-corrected chi connectivity index (χ1v) is 9.90. The third-order valence-corrected chi connectivity index (χ3v) is 5.42. The normalized spacial score (nSPS) is 15.5. The number of hydrogen-bond donors (Lipinski definition) is 0. The molecular formula is C20H18ClN3O2S. The highest BCUT2D eigenvalue weighted by Gasteiger charge is 2.28. The number of aromatic nitrogens is 3. The molecule has 0 N–H and O–H groups in total. The molecule has 2 heterocycles. The second-order valence-corrected chi connectivity index (χ2v) is 7.40. The van der Waals surface area contributed by atoms with Crippen LogP contribution in [0.3, 0.4) is 0 Å². The lowest BCUT2D eigenvalue weighted by Crippen LogP contribution is -2.25. The lowest BCUT2D eigenvalue weighted by Gasteiger charge is -2.26. The first kappa shape index (κ1) is 17.9. The van der Waals surface area contributed by atoms with Crippen LogP contribution in [0, 0.1) is 0 Å². The number of rotatable bonds is 6. The van der Waals surface area contributed by atoms with Crippen molar-refractivity contribution < 1.29 is 9.47 Å². The summed E-state index contributed by atoms with van der Waals surface area (Å²) in [6.07, 6.45) is 1.52. The van der Waals surface area contributed by atoms with Crippen molar-refractivity contribution in [3.05, 3.63) is 77.6 Å². The van der Waals surface area contributed by atoms with Crippen molar-refractivity contribution >= 4 is 23.4 Å². The molecule has 138 valence electrons. The molecular weight excluding hydrogens is 382 g/mol. The van der Waals surface area contributed by atoms with Crippen LogP contribution in [0.25, 0.3) is 0 Å². The summed E-state index contributed by atoms with van der Waals surface area (Å²) in [6, 6.07) is 15.4. The quantitative estimate of drug-likeness (QED) is 0.435. The van der Waals surface area contributed by atoms with Gasteiger partial charge < -0.3 is 9.47 Å². The van der Waals surface area contributed by atoms with Gasteiger partial charge in [-0.05, 0) is 29.8 Å². The van der Waals surface area contributed by atoms with Crippen molar-refractivity contribution in [2.75, 3.05) is 6.61 Å². The second-order valence-electron chi connectivity index (χ2n) is 6.02. The zero-order valence-corrected chi connectivity index (χ0v) is 16.1. The maximum atomic E-state index is 6.09. The number of thioether (sulfide) groups is 1. The Hall–Kier alpha value is -2.44. The molecule has 7 heteroatoms. The first-order valence-electron chi connectivity index (χ1n) is 8.54. The van der Waals surface area contributed by atoms with E-state index in [2.05, 4.69) is 16.8 Å². The third kappa shape index (κ3) is 3.96. The molecule has 0 aliphatic carbocycles. The molecule has 3 aromatic rings. The molecule has 0 saturated heterocycles. The van der Waals surface area contributed by atoms with Gasteiger partial charge in [-0.3, -0.25) is 4.57 Å². The minimum absolute atomic E-state index is 0.308. The predicted octanol–water partition coefficient (Wildman–Crippen LogP) is 4.92. The molecule has 0 bridgehead atoms. The molecule has 0 fully saturated rings. The zero-order chi connectivity index (χ0) is 18.6. The van der Waals surface area contributed by atoms with Crippen LogP contribution < -0.4 is 9.47 Å². The molecule has 0 saturated carbocycles. The smallest absolute Gasteiger partial charge is 0.192 e. The van der Waals surface area contributed by atoms with E-state index in [-0.39, 0.29) is 6.10 Å². The van der Waals surface area contributed by atoms with Crippen LogP contribution in [0.15, 0.2) is 66.3 Å². The van der Waals surface area contributed by atoms with Crippen LogP contribution in [0.2, 0.25) is 5.02 Å². The molecule has 5 nitrogen and oxygen atoms in total. The van der Waals surface area contributed by atoms with Crippen molar-refractivity contribution in [2.24, 2.45) is 0 Å². The highest BCUT2D eigenvalue weighted by molar-refractivity contribution is 7.98. The lowest BCUT2D eigenvalue weighted by atomic mass is 10.2. The average molecular weight is 400 g/mol. The summed E-state index contributed by atoms with van der Waals surface area (Å²) in [4.78, 5) is 0. The van der Waals surface area contributed by atoms with Crippen molar-refractivity contribution in [1.82, 2.24) is 14.8 Å². The van der Waals surface area contributed by atoms with Crippen LogP contribution in [0.5, 0.6) is 11.5 Å². The van der Waals surface area contributed by atoms with Crippen LogP contribution >= 0.6 is 23.4 Å². The maximum Gasteiger partial charge on any atom is 0.192 e. The van der Waals surface area contributed by atoms with Gasteiger partial charge in [-0.25, -0.2) is 0 Å². The second kappa shape index (κ2) is 8.06. The standard InChI is InChI=1S/C20H18ClN3O2S/c1-2-11-24-19(18-12-25-16-5-3-4-6-17(16)26-18)22-23-20(24)27-13-14-7-9-15(21)10-8-14/h2-10,18H,1,11-13H2/t18-/m0/s1. The van der Waals surface area contributed by atoms with Gasteiger partial charge in [-0.15, -0.1) is 16.8 Å². The van der Waals surface area contributed by atoms with E-state index in [0.717, 1.165) is 33.3 Å². The van der Waals surface area contributed by atoms with Gasteiger partial charge in [0.15, 0.2) is 28.6 Å². The van der Waals surface area contributed by atoms with E-state index in [9.17, 15) is 0 Å². The molecule has 0 spiro atoms. The number of benzene rings is 2. The lowest BCUT2D eigenvalue weighted by molar-refractivity contribution is 0.0821. The number of halogens is 1. The molecule has 1 atom stereocenters. The first-order chi connectivity index (χ1) is 13.2. The Kier molecular flexibility index (Phi) is 5.36. The SMILES string of the molecule is C=CCn1c(SCc2ccc(Cl)cc2)nnc1[C@@H]1COc2ccccc2O1. The van der Waals surface area contributed by atoms with Crippen LogP contribution in [0.4, 0.5) is 0 Å². The summed E-state index contributed by atoms with van der Waals surface area (Å²) in [5.41, 5.74) is 1.17. The number of ether oxygens (including phenoxy) is 2. The Morgan fingerprint density at radius 3 is 2.70 bits per heavy atom. The maximum absolute atomic E-state index is 6.09. The molecule has 1 aliphatic rings. The van der Waals surface area contributed by atoms with Gasteiger partial charge in [0.1, 0.15) is 6.61 Å². The van der Waals surface area contributed by atoms with E-state index in [1.54, 1.807) is 11.8 Å². The van der Waals surface area contributed by atoms with E-state index >= 15 is 0 Å². The number of allylic oxidation sites excluding steroid dienone is 1. The molecule has 0 amide bonds. The fourth-order valence-electron chi connectivity index (χ4n) is 2.82. The van der Waals surface area contributed by atoms with Crippen molar-refractivity contribution in [2.45, 2.75) is 23.6 Å². The van der Waals surface area contributed by atoms with Crippen LogP contribution in [-0.4, -0.2) is 21.4 Å². The molecule has 1 aromatic heterocycles. The summed E-state index contributed by atoms with van der Waals surface area (Å²) in [6.45, 7) is 4.86. The van der Waals surface area contributed by atoms with Crippen LogP contribution in [-0.2, 0) is 12.3 Å². The third-order valence-electron chi connectivity index (χ3n) is 4.13. The molecule has 0 radical (unpaired) electrons. The van der Waals surface area contributed by atoms with E-state index in [0.29, 0.717) is 13.2 Å². The van der Waals surface area contributed by atoms with E-state index < -0.39 is 0 Å². The van der Waals surface area contributed by atoms with Gasteiger partial charge in [0.05, 0.1) is 0 Å². The largest absolute Gasteiger partial charge is 0.485 e. The molecule has 0 unspecified atom stereocenters. The van der Waals surface area contributed by atoms with Gasteiger partial charge in [0.2, 0.25) is 0 Å². The number of hydrogen-bond acceptors (Lipinski definition) is 5. The Labute approximate surface area is 167 Å².